The van der Waals surface area contributed by atoms with E-state index in [0.717, 1.165) is 22.1 Å². The van der Waals surface area contributed by atoms with Gasteiger partial charge in [-0.15, -0.1) is 11.3 Å². The van der Waals surface area contributed by atoms with Gasteiger partial charge in [0, 0.05) is 5.92 Å². The quantitative estimate of drug-likeness (QED) is 0.735. The zero-order chi connectivity index (χ0) is 10.1. The van der Waals surface area contributed by atoms with Gasteiger partial charge in [0.25, 0.3) is 0 Å². The van der Waals surface area contributed by atoms with Gasteiger partial charge in [0.2, 0.25) is 0 Å². The number of thiazole rings is 1. The van der Waals surface area contributed by atoms with Crippen LogP contribution in [-0.4, -0.2) is 11.3 Å². The first-order valence-corrected chi connectivity index (χ1v) is 5.41. The van der Waals surface area contributed by atoms with Crippen LogP contribution < -0.4 is 0 Å². The van der Waals surface area contributed by atoms with Gasteiger partial charge in [-0.2, -0.15) is 0 Å². The minimum Gasteiger partial charge on any atom is -0.303 e. The number of hydrogen-bond donors (Lipinski definition) is 0. The average Bonchev–Trinajstić information content (AvgIpc) is 2.55. The monoisotopic (exact) mass is 225 g/mol. The molecule has 1 aromatic carbocycles. The van der Waals surface area contributed by atoms with Gasteiger partial charge >= 0.3 is 0 Å². The largest absolute Gasteiger partial charge is 0.303 e. The molecule has 4 heteroatoms. The highest BCUT2D eigenvalue weighted by atomic mass is 35.5. The van der Waals surface area contributed by atoms with Gasteiger partial charge in [0.1, 0.15) is 6.29 Å². The molecule has 1 heterocycles. The third kappa shape index (κ3) is 1.65. The number of aromatic nitrogens is 1. The van der Waals surface area contributed by atoms with E-state index in [1.165, 1.54) is 11.3 Å². The molecular weight excluding hydrogens is 218 g/mol. The van der Waals surface area contributed by atoms with Crippen molar-refractivity contribution in [3.05, 3.63) is 28.2 Å². The molecule has 0 saturated carbocycles. The molecule has 0 fully saturated rings. The lowest BCUT2D eigenvalue weighted by molar-refractivity contribution is -0.108. The lowest BCUT2D eigenvalue weighted by Crippen LogP contribution is -1.92. The summed E-state index contributed by atoms with van der Waals surface area (Å²) in [5.74, 6) is -0.0692. The van der Waals surface area contributed by atoms with Crippen LogP contribution in [0, 0.1) is 0 Å². The molecule has 0 spiro atoms. The van der Waals surface area contributed by atoms with E-state index in [1.54, 1.807) is 0 Å². The summed E-state index contributed by atoms with van der Waals surface area (Å²) in [5, 5.41) is 0. The predicted molar refractivity (Wildman–Crippen MR) is 59.1 cm³/mol. The number of halogens is 1. The standard InChI is InChI=1S/C10H8ClNOS/c1-6(5-13)7-2-3-8-9(4-7)14-10(11)12-8/h2-6H,1H3. The van der Waals surface area contributed by atoms with E-state index in [0.29, 0.717) is 4.47 Å². The van der Waals surface area contributed by atoms with Crippen molar-refractivity contribution >= 4 is 39.4 Å². The summed E-state index contributed by atoms with van der Waals surface area (Å²) in [4.78, 5) is 14.7. The highest BCUT2D eigenvalue weighted by Gasteiger charge is 2.07. The number of benzene rings is 1. The van der Waals surface area contributed by atoms with Crippen LogP contribution >= 0.6 is 22.9 Å². The fraction of sp³-hybridized carbons (Fsp3) is 0.200. The summed E-state index contributed by atoms with van der Waals surface area (Å²) in [6.07, 6.45) is 0.934. The first-order valence-electron chi connectivity index (χ1n) is 4.22. The minimum absolute atomic E-state index is 0.0692. The van der Waals surface area contributed by atoms with Gasteiger partial charge in [-0.1, -0.05) is 24.6 Å². The summed E-state index contributed by atoms with van der Waals surface area (Å²) in [7, 11) is 0. The number of carbonyl (C=O) groups is 1. The molecule has 0 radical (unpaired) electrons. The van der Waals surface area contributed by atoms with Crippen LogP contribution in [0.25, 0.3) is 10.2 Å². The lowest BCUT2D eigenvalue weighted by Gasteiger charge is -2.02. The number of carbonyl (C=O) groups excluding carboxylic acids is 1. The maximum absolute atomic E-state index is 10.6. The summed E-state index contributed by atoms with van der Waals surface area (Å²) in [6, 6.07) is 5.78. The summed E-state index contributed by atoms with van der Waals surface area (Å²) in [5.41, 5.74) is 1.90. The topological polar surface area (TPSA) is 30.0 Å². The van der Waals surface area contributed by atoms with Gasteiger partial charge in [0.05, 0.1) is 10.2 Å². The number of aldehydes is 1. The van der Waals surface area contributed by atoms with Crippen molar-refractivity contribution in [2.75, 3.05) is 0 Å². The first kappa shape index (κ1) is 9.62. The number of hydrogen-bond acceptors (Lipinski definition) is 3. The molecule has 0 amide bonds. The van der Waals surface area contributed by atoms with E-state index in [1.807, 2.05) is 25.1 Å². The molecule has 2 nitrogen and oxygen atoms in total. The molecule has 1 aromatic heterocycles. The first-order chi connectivity index (χ1) is 6.70. The third-order valence-electron chi connectivity index (χ3n) is 2.12. The molecule has 0 saturated heterocycles. The molecule has 0 aliphatic heterocycles. The zero-order valence-electron chi connectivity index (χ0n) is 7.53. The van der Waals surface area contributed by atoms with Crippen LogP contribution in [0.2, 0.25) is 4.47 Å². The van der Waals surface area contributed by atoms with Crippen LogP contribution in [-0.2, 0) is 4.79 Å². The molecule has 72 valence electrons. The smallest absolute Gasteiger partial charge is 0.184 e. The Bertz CT molecular complexity index is 480. The molecule has 2 aromatic rings. The van der Waals surface area contributed by atoms with Crippen molar-refractivity contribution < 1.29 is 4.79 Å². The van der Waals surface area contributed by atoms with Gasteiger partial charge in [0.15, 0.2) is 4.47 Å². The maximum atomic E-state index is 10.6. The Balaban J connectivity index is 2.55. The van der Waals surface area contributed by atoms with Crippen molar-refractivity contribution in [1.82, 2.24) is 4.98 Å². The molecular formula is C10H8ClNOS. The highest BCUT2D eigenvalue weighted by Crippen LogP contribution is 2.28. The van der Waals surface area contributed by atoms with Crippen molar-refractivity contribution in [2.45, 2.75) is 12.8 Å². The fourth-order valence-corrected chi connectivity index (χ4v) is 2.35. The molecule has 14 heavy (non-hydrogen) atoms. The molecule has 0 aliphatic rings. The van der Waals surface area contributed by atoms with Crippen LogP contribution in [0.5, 0.6) is 0 Å². The van der Waals surface area contributed by atoms with E-state index in [4.69, 9.17) is 11.6 Å². The van der Waals surface area contributed by atoms with E-state index in [-0.39, 0.29) is 5.92 Å². The second kappa shape index (κ2) is 3.67. The van der Waals surface area contributed by atoms with Crippen molar-refractivity contribution in [3.63, 3.8) is 0 Å². The molecule has 0 N–H and O–H groups in total. The zero-order valence-corrected chi connectivity index (χ0v) is 9.10. The van der Waals surface area contributed by atoms with Gasteiger partial charge in [-0.05, 0) is 17.7 Å². The van der Waals surface area contributed by atoms with Crippen molar-refractivity contribution in [3.8, 4) is 0 Å². The second-order valence-corrected chi connectivity index (χ2v) is 4.73. The molecule has 0 aliphatic carbocycles. The lowest BCUT2D eigenvalue weighted by atomic mass is 10.0. The molecule has 1 unspecified atom stereocenters. The molecule has 1 atom stereocenters. The molecule has 0 bridgehead atoms. The number of rotatable bonds is 2. The average molecular weight is 226 g/mol. The Hall–Kier alpha value is -0.930. The van der Waals surface area contributed by atoms with E-state index in [9.17, 15) is 4.79 Å². The van der Waals surface area contributed by atoms with E-state index >= 15 is 0 Å². The Morgan fingerprint density at radius 2 is 2.36 bits per heavy atom. The van der Waals surface area contributed by atoms with Crippen molar-refractivity contribution in [1.29, 1.82) is 0 Å². The number of fused-ring (bicyclic) bond motifs is 1. The predicted octanol–water partition coefficient (Wildman–Crippen LogP) is 3.25. The van der Waals surface area contributed by atoms with Crippen molar-refractivity contribution in [2.24, 2.45) is 0 Å². The fourth-order valence-electron chi connectivity index (χ4n) is 1.27. The highest BCUT2D eigenvalue weighted by molar-refractivity contribution is 7.22. The van der Waals surface area contributed by atoms with Crippen LogP contribution in [0.3, 0.4) is 0 Å². The maximum Gasteiger partial charge on any atom is 0.184 e. The Kier molecular flexibility index (Phi) is 2.52. The summed E-state index contributed by atoms with van der Waals surface area (Å²) in [6.45, 7) is 1.87. The third-order valence-corrected chi connectivity index (χ3v) is 3.24. The van der Waals surface area contributed by atoms with Gasteiger partial charge in [-0.25, -0.2) is 4.98 Å². The SMILES string of the molecule is CC(C=O)c1ccc2nc(Cl)sc2c1. The minimum atomic E-state index is -0.0692. The van der Waals surface area contributed by atoms with Crippen LogP contribution in [0.4, 0.5) is 0 Å². The molecule has 2 rings (SSSR count). The summed E-state index contributed by atoms with van der Waals surface area (Å²) >= 11 is 7.22. The van der Waals surface area contributed by atoms with Crippen LogP contribution in [0.15, 0.2) is 18.2 Å². The van der Waals surface area contributed by atoms with Gasteiger partial charge in [-0.3, -0.25) is 0 Å². The number of nitrogens with zero attached hydrogens (tertiary/aromatic N) is 1. The van der Waals surface area contributed by atoms with E-state index in [2.05, 4.69) is 4.98 Å². The second-order valence-electron chi connectivity index (χ2n) is 3.12. The Morgan fingerprint density at radius 3 is 3.07 bits per heavy atom. The Labute approximate surface area is 90.5 Å². The van der Waals surface area contributed by atoms with Gasteiger partial charge < -0.3 is 4.79 Å². The normalized spacial score (nSPS) is 13.0. The van der Waals surface area contributed by atoms with Crippen LogP contribution in [0.1, 0.15) is 18.4 Å². The summed E-state index contributed by atoms with van der Waals surface area (Å²) < 4.78 is 1.57. The Morgan fingerprint density at radius 1 is 1.57 bits per heavy atom. The van der Waals surface area contributed by atoms with E-state index < -0.39 is 0 Å².